The predicted molar refractivity (Wildman–Crippen MR) is 111 cm³/mol. The van der Waals surface area contributed by atoms with Gasteiger partial charge < -0.3 is 11.1 Å². The third kappa shape index (κ3) is 4.22. The second kappa shape index (κ2) is 7.84. The van der Waals surface area contributed by atoms with Crippen molar-refractivity contribution >= 4 is 23.2 Å². The summed E-state index contributed by atoms with van der Waals surface area (Å²) < 4.78 is 0. The van der Waals surface area contributed by atoms with Crippen LogP contribution in [-0.2, 0) is 15.0 Å². The Morgan fingerprint density at radius 2 is 1.89 bits per heavy atom. The van der Waals surface area contributed by atoms with Gasteiger partial charge in [-0.25, -0.2) is 0 Å². The Morgan fingerprint density at radius 3 is 2.54 bits per heavy atom. The minimum Gasteiger partial charge on any atom is -0.368 e. The Hall–Kier alpha value is -3.15. The molecule has 0 saturated heterocycles. The summed E-state index contributed by atoms with van der Waals surface area (Å²) >= 11 is 0. The highest BCUT2D eigenvalue weighted by atomic mass is 16.2. The van der Waals surface area contributed by atoms with E-state index in [0.29, 0.717) is 12.3 Å². The molecule has 0 bridgehead atoms. The number of para-hydroxylation sites is 1. The first-order valence-electron chi connectivity index (χ1n) is 9.34. The van der Waals surface area contributed by atoms with Crippen molar-refractivity contribution in [3.8, 4) is 0 Å². The lowest BCUT2D eigenvalue weighted by atomic mass is 9.84. The molecule has 0 radical (unpaired) electrons. The fourth-order valence-electron chi connectivity index (χ4n) is 3.26. The molecule has 146 valence electrons. The van der Waals surface area contributed by atoms with Gasteiger partial charge in [-0.3, -0.25) is 14.6 Å². The summed E-state index contributed by atoms with van der Waals surface area (Å²) in [6, 6.07) is 16.8. The van der Waals surface area contributed by atoms with Crippen LogP contribution in [0.4, 0.5) is 5.69 Å². The molecule has 3 rings (SSSR count). The van der Waals surface area contributed by atoms with Crippen LogP contribution >= 0.6 is 0 Å². The molecule has 1 atom stereocenters. The molecule has 0 fully saturated rings. The minimum absolute atomic E-state index is 0.195. The van der Waals surface area contributed by atoms with E-state index in [0.717, 1.165) is 11.3 Å². The van der Waals surface area contributed by atoms with Crippen molar-refractivity contribution in [2.75, 3.05) is 11.6 Å². The fourth-order valence-corrected chi connectivity index (χ4v) is 3.26. The zero-order valence-corrected chi connectivity index (χ0v) is 16.5. The van der Waals surface area contributed by atoms with Crippen molar-refractivity contribution in [2.45, 2.75) is 38.6 Å². The van der Waals surface area contributed by atoms with Crippen molar-refractivity contribution in [1.82, 2.24) is 5.32 Å². The third-order valence-corrected chi connectivity index (χ3v) is 5.01. The van der Waals surface area contributed by atoms with Crippen LogP contribution < -0.4 is 16.1 Å². The molecule has 2 aromatic carbocycles. The van der Waals surface area contributed by atoms with Crippen molar-refractivity contribution in [2.24, 2.45) is 10.8 Å². The summed E-state index contributed by atoms with van der Waals surface area (Å²) in [5.41, 5.74) is 8.68. The number of hydrogen-bond acceptors (Lipinski definition) is 4. The van der Waals surface area contributed by atoms with Gasteiger partial charge in [-0.2, -0.15) is 5.10 Å². The lowest BCUT2D eigenvalue weighted by Crippen LogP contribution is -2.41. The van der Waals surface area contributed by atoms with Crippen molar-refractivity contribution in [3.63, 3.8) is 0 Å². The number of carbonyl (C=O) groups excluding carboxylic acids is 2. The second-order valence-corrected chi connectivity index (χ2v) is 7.79. The highest BCUT2D eigenvalue weighted by Crippen LogP contribution is 2.25. The molecule has 0 spiro atoms. The fraction of sp³-hybridized carbons (Fsp3) is 0.318. The zero-order valence-electron chi connectivity index (χ0n) is 16.5. The lowest BCUT2D eigenvalue weighted by Gasteiger charge is -2.26. The maximum Gasteiger partial charge on any atom is 0.267 e. The van der Waals surface area contributed by atoms with Gasteiger partial charge in [0, 0.05) is 18.4 Å². The van der Waals surface area contributed by atoms with Crippen LogP contribution in [0, 0.1) is 6.92 Å². The Bertz CT molecular complexity index is 906. The van der Waals surface area contributed by atoms with Crippen LogP contribution in [0.15, 0.2) is 59.7 Å². The van der Waals surface area contributed by atoms with Crippen molar-refractivity contribution < 1.29 is 9.59 Å². The van der Waals surface area contributed by atoms with E-state index in [1.807, 2.05) is 49.4 Å². The number of benzene rings is 2. The van der Waals surface area contributed by atoms with Gasteiger partial charge in [-0.15, -0.1) is 0 Å². The van der Waals surface area contributed by atoms with Gasteiger partial charge >= 0.3 is 0 Å². The molecule has 3 N–H and O–H groups in total. The van der Waals surface area contributed by atoms with E-state index >= 15 is 0 Å². The largest absolute Gasteiger partial charge is 0.368 e. The SMILES string of the molecule is Cc1cccc(C(C)(C)CNC(=O)C2=NN(c3ccccc3)C(C(N)=O)C2)c1. The number of nitrogens with zero attached hydrogens (tertiary/aromatic N) is 2. The van der Waals surface area contributed by atoms with Crippen LogP contribution in [-0.4, -0.2) is 30.1 Å². The van der Waals surface area contributed by atoms with Crippen molar-refractivity contribution in [1.29, 1.82) is 0 Å². The smallest absolute Gasteiger partial charge is 0.267 e. The van der Waals surface area contributed by atoms with Crippen LogP contribution in [0.25, 0.3) is 0 Å². The number of hydrogen-bond donors (Lipinski definition) is 2. The molecule has 2 aromatic rings. The molecule has 1 unspecified atom stereocenters. The van der Waals surface area contributed by atoms with E-state index in [2.05, 4.69) is 36.4 Å². The number of rotatable bonds is 6. The van der Waals surface area contributed by atoms with Crippen LogP contribution in [0.2, 0.25) is 0 Å². The molecular weight excluding hydrogens is 352 g/mol. The molecule has 0 aliphatic carbocycles. The summed E-state index contributed by atoms with van der Waals surface area (Å²) in [5, 5.41) is 8.88. The molecule has 6 nitrogen and oxygen atoms in total. The Kier molecular flexibility index (Phi) is 5.49. The molecule has 28 heavy (non-hydrogen) atoms. The molecule has 6 heteroatoms. The average molecular weight is 378 g/mol. The van der Waals surface area contributed by atoms with Gasteiger partial charge in [-0.1, -0.05) is 61.9 Å². The summed E-state index contributed by atoms with van der Waals surface area (Å²) in [4.78, 5) is 24.6. The normalized spacial score (nSPS) is 16.6. The molecule has 0 saturated carbocycles. The predicted octanol–water partition coefficient (Wildman–Crippen LogP) is 2.51. The van der Waals surface area contributed by atoms with Gasteiger partial charge in [0.1, 0.15) is 11.8 Å². The van der Waals surface area contributed by atoms with E-state index in [1.54, 1.807) is 0 Å². The van der Waals surface area contributed by atoms with Crippen LogP contribution in [0.1, 0.15) is 31.4 Å². The molecule has 1 aliphatic heterocycles. The van der Waals surface area contributed by atoms with Gasteiger partial charge in [-0.05, 0) is 24.6 Å². The van der Waals surface area contributed by atoms with Gasteiger partial charge in [0.15, 0.2) is 0 Å². The molecule has 0 aromatic heterocycles. The van der Waals surface area contributed by atoms with E-state index < -0.39 is 11.9 Å². The standard InChI is InChI=1S/C22H26N4O2/c1-15-8-7-9-16(12-15)22(2,3)14-24-21(28)18-13-19(20(23)27)26(25-18)17-10-5-4-6-11-17/h4-12,19H,13-14H2,1-3H3,(H2,23,27)(H,24,28). The number of carbonyl (C=O) groups is 2. The van der Waals surface area contributed by atoms with E-state index in [-0.39, 0.29) is 17.7 Å². The molecular formula is C22H26N4O2. The number of primary amides is 1. The number of nitrogens with one attached hydrogen (secondary N) is 1. The summed E-state index contributed by atoms with van der Waals surface area (Å²) in [5.74, 6) is -0.777. The monoisotopic (exact) mass is 378 g/mol. The summed E-state index contributed by atoms with van der Waals surface area (Å²) in [7, 11) is 0. The number of anilines is 1. The molecule has 2 amide bonds. The maximum absolute atomic E-state index is 12.7. The first-order chi connectivity index (χ1) is 13.3. The van der Waals surface area contributed by atoms with Gasteiger partial charge in [0.2, 0.25) is 5.91 Å². The molecule has 1 heterocycles. The third-order valence-electron chi connectivity index (χ3n) is 5.01. The Labute approximate surface area is 165 Å². The Balaban J connectivity index is 1.72. The summed E-state index contributed by atoms with van der Waals surface area (Å²) in [6.07, 6.45) is 0.195. The Morgan fingerprint density at radius 1 is 1.18 bits per heavy atom. The van der Waals surface area contributed by atoms with Gasteiger partial charge in [0.05, 0.1) is 5.69 Å². The maximum atomic E-state index is 12.7. The topological polar surface area (TPSA) is 87.8 Å². The first-order valence-corrected chi connectivity index (χ1v) is 9.34. The zero-order chi connectivity index (χ0) is 20.3. The van der Waals surface area contributed by atoms with E-state index in [1.165, 1.54) is 10.6 Å². The quantitative estimate of drug-likeness (QED) is 0.810. The van der Waals surface area contributed by atoms with Crippen molar-refractivity contribution in [3.05, 3.63) is 65.7 Å². The van der Waals surface area contributed by atoms with E-state index in [9.17, 15) is 9.59 Å². The number of aryl methyl sites for hydroxylation is 1. The van der Waals surface area contributed by atoms with Crippen LogP contribution in [0.3, 0.4) is 0 Å². The minimum atomic E-state index is -0.659. The highest BCUT2D eigenvalue weighted by molar-refractivity contribution is 6.40. The number of hydrazone groups is 1. The first kappa shape index (κ1) is 19.6. The van der Waals surface area contributed by atoms with Gasteiger partial charge in [0.25, 0.3) is 5.91 Å². The average Bonchev–Trinajstić information content (AvgIpc) is 3.13. The lowest BCUT2D eigenvalue weighted by molar-refractivity contribution is -0.119. The molecule has 1 aliphatic rings. The highest BCUT2D eigenvalue weighted by Gasteiger charge is 2.35. The number of nitrogens with two attached hydrogens (primary N) is 1. The summed E-state index contributed by atoms with van der Waals surface area (Å²) in [6.45, 7) is 6.68. The second-order valence-electron chi connectivity index (χ2n) is 7.79. The van der Waals surface area contributed by atoms with E-state index in [4.69, 9.17) is 5.73 Å². The number of amides is 2. The van der Waals surface area contributed by atoms with Crippen LogP contribution in [0.5, 0.6) is 0 Å².